The number of aliphatic hydroxyl groups is 1. The molecule has 0 bridgehead atoms. The summed E-state index contributed by atoms with van der Waals surface area (Å²) in [5.74, 6) is -0.0892. The van der Waals surface area contributed by atoms with Crippen molar-refractivity contribution in [3.05, 3.63) is 24.0 Å². The summed E-state index contributed by atoms with van der Waals surface area (Å²) in [5.41, 5.74) is 0.576. The van der Waals surface area contributed by atoms with E-state index in [9.17, 15) is 14.7 Å². The fourth-order valence-corrected chi connectivity index (χ4v) is 3.60. The third-order valence-corrected chi connectivity index (χ3v) is 5.06. The molecule has 1 aromatic heterocycles. The summed E-state index contributed by atoms with van der Waals surface area (Å²) < 4.78 is 0. The molecule has 1 saturated heterocycles. The molecule has 23 heavy (non-hydrogen) atoms. The number of rotatable bonds is 3. The smallest absolute Gasteiger partial charge is 0.270 e. The molecule has 2 amide bonds. The first kappa shape index (κ1) is 16.1. The average Bonchev–Trinajstić information content (AvgIpc) is 3.15. The molecule has 2 heterocycles. The lowest BCUT2D eigenvalue weighted by atomic mass is 9.85. The SMILES string of the molecule is O=C(c1ccc[nH]1)N1CCN(C(=O)[C@H](O)C2CCCCC2)CC1. The van der Waals surface area contributed by atoms with Crippen LogP contribution < -0.4 is 0 Å². The van der Waals surface area contributed by atoms with Crippen molar-refractivity contribution in [1.82, 2.24) is 14.8 Å². The molecule has 126 valence electrons. The Balaban J connectivity index is 1.52. The number of aromatic nitrogens is 1. The Labute approximate surface area is 136 Å². The van der Waals surface area contributed by atoms with Crippen LogP contribution in [0.4, 0.5) is 0 Å². The second-order valence-electron chi connectivity index (χ2n) is 6.54. The normalized spacial score (nSPS) is 21.3. The van der Waals surface area contributed by atoms with E-state index in [4.69, 9.17) is 0 Å². The minimum atomic E-state index is -0.874. The van der Waals surface area contributed by atoms with E-state index in [0.717, 1.165) is 25.7 Å². The fourth-order valence-electron chi connectivity index (χ4n) is 3.60. The summed E-state index contributed by atoms with van der Waals surface area (Å²) >= 11 is 0. The topological polar surface area (TPSA) is 76.6 Å². The highest BCUT2D eigenvalue weighted by atomic mass is 16.3. The molecule has 2 N–H and O–H groups in total. The van der Waals surface area contributed by atoms with Gasteiger partial charge in [-0.25, -0.2) is 0 Å². The van der Waals surface area contributed by atoms with Crippen molar-refractivity contribution in [3.8, 4) is 0 Å². The van der Waals surface area contributed by atoms with Crippen molar-refractivity contribution in [1.29, 1.82) is 0 Å². The van der Waals surface area contributed by atoms with Gasteiger partial charge in [0.1, 0.15) is 11.8 Å². The van der Waals surface area contributed by atoms with E-state index in [0.29, 0.717) is 31.9 Å². The van der Waals surface area contributed by atoms with Gasteiger partial charge in [-0.05, 0) is 30.9 Å². The molecule has 0 spiro atoms. The Bertz CT molecular complexity index is 529. The molecule has 0 aromatic carbocycles. The van der Waals surface area contributed by atoms with Crippen LogP contribution in [-0.2, 0) is 4.79 Å². The molecule has 3 rings (SSSR count). The van der Waals surface area contributed by atoms with Gasteiger partial charge in [0.2, 0.25) is 0 Å². The lowest BCUT2D eigenvalue weighted by molar-refractivity contribution is -0.145. The van der Waals surface area contributed by atoms with E-state index in [1.165, 1.54) is 6.42 Å². The summed E-state index contributed by atoms with van der Waals surface area (Å²) in [6.45, 7) is 2.02. The van der Waals surface area contributed by atoms with Crippen molar-refractivity contribution in [2.24, 2.45) is 5.92 Å². The van der Waals surface area contributed by atoms with Gasteiger partial charge in [-0.1, -0.05) is 19.3 Å². The molecule has 1 aliphatic carbocycles. The Kier molecular flexibility index (Phi) is 5.00. The van der Waals surface area contributed by atoms with E-state index in [1.807, 2.05) is 0 Å². The Morgan fingerprint density at radius 3 is 2.35 bits per heavy atom. The quantitative estimate of drug-likeness (QED) is 0.880. The third kappa shape index (κ3) is 3.58. The highest BCUT2D eigenvalue weighted by Crippen LogP contribution is 2.27. The largest absolute Gasteiger partial charge is 0.383 e. The molecule has 1 aliphatic heterocycles. The Morgan fingerprint density at radius 2 is 1.74 bits per heavy atom. The maximum Gasteiger partial charge on any atom is 0.270 e. The van der Waals surface area contributed by atoms with Crippen LogP contribution in [0.2, 0.25) is 0 Å². The summed E-state index contributed by atoms with van der Waals surface area (Å²) in [5, 5.41) is 10.3. The summed E-state index contributed by atoms with van der Waals surface area (Å²) in [6.07, 6.45) is 6.16. The molecule has 1 saturated carbocycles. The summed E-state index contributed by atoms with van der Waals surface area (Å²) in [7, 11) is 0. The third-order valence-electron chi connectivity index (χ3n) is 5.06. The van der Waals surface area contributed by atoms with Gasteiger partial charge in [-0.15, -0.1) is 0 Å². The second-order valence-corrected chi connectivity index (χ2v) is 6.54. The van der Waals surface area contributed by atoms with E-state index < -0.39 is 6.10 Å². The molecule has 6 heteroatoms. The maximum absolute atomic E-state index is 12.5. The molecule has 6 nitrogen and oxygen atoms in total. The van der Waals surface area contributed by atoms with Crippen molar-refractivity contribution in [2.45, 2.75) is 38.2 Å². The first-order valence-electron chi connectivity index (χ1n) is 8.56. The lowest BCUT2D eigenvalue weighted by Gasteiger charge is -2.37. The minimum absolute atomic E-state index is 0.0325. The molecule has 2 aliphatic rings. The van der Waals surface area contributed by atoms with Crippen LogP contribution in [0.25, 0.3) is 0 Å². The molecule has 2 fully saturated rings. The lowest BCUT2D eigenvalue weighted by Crippen LogP contribution is -2.54. The van der Waals surface area contributed by atoms with Crippen LogP contribution in [0, 0.1) is 5.92 Å². The van der Waals surface area contributed by atoms with Crippen LogP contribution >= 0.6 is 0 Å². The number of nitrogens with one attached hydrogen (secondary N) is 1. The number of H-pyrrole nitrogens is 1. The fraction of sp³-hybridized carbons (Fsp3) is 0.647. The van der Waals surface area contributed by atoms with Crippen LogP contribution in [0.15, 0.2) is 18.3 Å². The van der Waals surface area contributed by atoms with Gasteiger partial charge in [0, 0.05) is 32.4 Å². The van der Waals surface area contributed by atoms with E-state index in [-0.39, 0.29) is 17.7 Å². The minimum Gasteiger partial charge on any atom is -0.383 e. The summed E-state index contributed by atoms with van der Waals surface area (Å²) in [6, 6.07) is 3.56. The summed E-state index contributed by atoms with van der Waals surface area (Å²) in [4.78, 5) is 31.1. The van der Waals surface area contributed by atoms with Gasteiger partial charge >= 0.3 is 0 Å². The van der Waals surface area contributed by atoms with Crippen LogP contribution in [0.1, 0.15) is 42.6 Å². The van der Waals surface area contributed by atoms with Crippen molar-refractivity contribution >= 4 is 11.8 Å². The van der Waals surface area contributed by atoms with Gasteiger partial charge in [0.25, 0.3) is 11.8 Å². The highest BCUT2D eigenvalue weighted by molar-refractivity contribution is 5.92. The number of carbonyl (C=O) groups is 2. The van der Waals surface area contributed by atoms with Crippen LogP contribution in [0.5, 0.6) is 0 Å². The zero-order chi connectivity index (χ0) is 16.2. The highest BCUT2D eigenvalue weighted by Gasteiger charge is 2.33. The standard InChI is InChI=1S/C17H25N3O3/c21-15(13-5-2-1-3-6-13)17(23)20-11-9-19(10-12-20)16(22)14-7-4-8-18-14/h4,7-8,13,15,18,21H,1-3,5-6,9-12H2/t15-/m1/s1. The monoisotopic (exact) mass is 319 g/mol. The van der Waals surface area contributed by atoms with Crippen molar-refractivity contribution in [3.63, 3.8) is 0 Å². The number of amides is 2. The van der Waals surface area contributed by atoms with Crippen LogP contribution in [0.3, 0.4) is 0 Å². The predicted molar refractivity (Wildman–Crippen MR) is 85.9 cm³/mol. The van der Waals surface area contributed by atoms with E-state index in [1.54, 1.807) is 28.1 Å². The number of hydrogen-bond donors (Lipinski definition) is 2. The van der Waals surface area contributed by atoms with Gasteiger partial charge in [-0.3, -0.25) is 9.59 Å². The van der Waals surface area contributed by atoms with Crippen molar-refractivity contribution in [2.75, 3.05) is 26.2 Å². The zero-order valence-electron chi connectivity index (χ0n) is 13.4. The average molecular weight is 319 g/mol. The number of piperazine rings is 1. The van der Waals surface area contributed by atoms with E-state index >= 15 is 0 Å². The zero-order valence-corrected chi connectivity index (χ0v) is 13.4. The number of aliphatic hydroxyl groups excluding tert-OH is 1. The maximum atomic E-state index is 12.5. The molecular formula is C17H25N3O3. The molecular weight excluding hydrogens is 294 g/mol. The van der Waals surface area contributed by atoms with Crippen LogP contribution in [-0.4, -0.2) is 64.0 Å². The first-order chi connectivity index (χ1) is 11.2. The Morgan fingerprint density at radius 1 is 1.09 bits per heavy atom. The van der Waals surface area contributed by atoms with E-state index in [2.05, 4.69) is 4.98 Å². The molecule has 0 radical (unpaired) electrons. The van der Waals surface area contributed by atoms with Gasteiger partial charge in [-0.2, -0.15) is 0 Å². The number of aromatic amines is 1. The molecule has 1 atom stereocenters. The van der Waals surface area contributed by atoms with Gasteiger partial charge < -0.3 is 19.9 Å². The molecule has 1 aromatic rings. The number of hydrogen-bond acceptors (Lipinski definition) is 3. The predicted octanol–water partition coefficient (Wildman–Crippen LogP) is 1.24. The number of carbonyl (C=O) groups excluding carboxylic acids is 2. The van der Waals surface area contributed by atoms with Crippen molar-refractivity contribution < 1.29 is 14.7 Å². The van der Waals surface area contributed by atoms with Gasteiger partial charge in [0.15, 0.2) is 0 Å². The second kappa shape index (κ2) is 7.17. The molecule has 0 unspecified atom stereocenters. The van der Waals surface area contributed by atoms with Gasteiger partial charge in [0.05, 0.1) is 0 Å². The Hall–Kier alpha value is -1.82. The first-order valence-corrected chi connectivity index (χ1v) is 8.56. The number of nitrogens with zero attached hydrogens (tertiary/aromatic N) is 2.